The quantitative estimate of drug-likeness (QED) is 0.719. The number of hydrogen-bond acceptors (Lipinski definition) is 5. The van der Waals surface area contributed by atoms with Gasteiger partial charge in [0.05, 0.1) is 6.61 Å². The molecule has 5 nitrogen and oxygen atoms in total. The first kappa shape index (κ1) is 18.4. The molecule has 0 aromatic heterocycles. The summed E-state index contributed by atoms with van der Waals surface area (Å²) in [5.74, 6) is -0.146. The summed E-state index contributed by atoms with van der Waals surface area (Å²) in [6.45, 7) is 10.8. The number of nitrogens with zero attached hydrogens (tertiary/aromatic N) is 2. The summed E-state index contributed by atoms with van der Waals surface area (Å²) in [4.78, 5) is 17.1. The minimum Gasteiger partial charge on any atom is -0.465 e. The van der Waals surface area contributed by atoms with Crippen LogP contribution in [0.5, 0.6) is 0 Å². The zero-order chi connectivity index (χ0) is 15.9. The number of rotatable bonds is 7. The fraction of sp³-hybridized carbons (Fsp3) is 0.938. The minimum absolute atomic E-state index is 0.146. The molecule has 124 valence electrons. The van der Waals surface area contributed by atoms with Gasteiger partial charge in [0.1, 0.15) is 5.54 Å². The first-order valence-electron chi connectivity index (χ1n) is 8.25. The Hall–Kier alpha value is -0.650. The van der Waals surface area contributed by atoms with E-state index in [1.807, 2.05) is 20.9 Å². The van der Waals surface area contributed by atoms with Crippen molar-refractivity contribution in [3.63, 3.8) is 0 Å². The van der Waals surface area contributed by atoms with E-state index in [2.05, 4.69) is 29.1 Å². The molecule has 1 aliphatic rings. The van der Waals surface area contributed by atoms with E-state index in [1.54, 1.807) is 0 Å². The van der Waals surface area contributed by atoms with Crippen molar-refractivity contribution in [2.24, 2.45) is 0 Å². The monoisotopic (exact) mass is 299 g/mol. The molecule has 1 rings (SSSR count). The second-order valence-electron chi connectivity index (χ2n) is 6.27. The number of hydrogen-bond donors (Lipinski definition) is 1. The van der Waals surface area contributed by atoms with E-state index in [9.17, 15) is 4.79 Å². The van der Waals surface area contributed by atoms with Crippen LogP contribution in [0.4, 0.5) is 0 Å². The van der Waals surface area contributed by atoms with Crippen molar-refractivity contribution in [2.75, 3.05) is 46.9 Å². The minimum atomic E-state index is -0.591. The molecule has 5 heteroatoms. The average Bonchev–Trinajstić information content (AvgIpc) is 2.66. The highest BCUT2D eigenvalue weighted by atomic mass is 16.5. The SMILES string of the molecule is CCOC(=O)C(C)(CCN1CCCN(C)CC1CC)NC. The van der Waals surface area contributed by atoms with Gasteiger partial charge in [0, 0.05) is 19.1 Å². The number of ether oxygens (including phenoxy) is 1. The van der Waals surface area contributed by atoms with E-state index < -0.39 is 5.54 Å². The van der Waals surface area contributed by atoms with Crippen LogP contribution in [0.25, 0.3) is 0 Å². The largest absolute Gasteiger partial charge is 0.465 e. The summed E-state index contributed by atoms with van der Waals surface area (Å²) in [6.07, 6.45) is 3.13. The molecule has 1 aliphatic heterocycles. The molecular formula is C16H33N3O2. The second-order valence-corrected chi connectivity index (χ2v) is 6.27. The van der Waals surface area contributed by atoms with Gasteiger partial charge in [0.2, 0.25) is 0 Å². The van der Waals surface area contributed by atoms with Crippen LogP contribution in [0, 0.1) is 0 Å². The number of esters is 1. The summed E-state index contributed by atoms with van der Waals surface area (Å²) in [6, 6.07) is 0.584. The molecule has 1 fully saturated rings. The van der Waals surface area contributed by atoms with E-state index in [4.69, 9.17) is 4.74 Å². The van der Waals surface area contributed by atoms with Gasteiger partial charge in [0.25, 0.3) is 0 Å². The lowest BCUT2D eigenvalue weighted by molar-refractivity contribution is -0.150. The van der Waals surface area contributed by atoms with Crippen LogP contribution in [0.2, 0.25) is 0 Å². The van der Waals surface area contributed by atoms with Gasteiger partial charge in [-0.25, -0.2) is 0 Å². The molecular weight excluding hydrogens is 266 g/mol. The molecule has 0 aromatic rings. The van der Waals surface area contributed by atoms with Crippen LogP contribution < -0.4 is 5.32 Å². The first-order chi connectivity index (χ1) is 9.96. The third-order valence-electron chi connectivity index (χ3n) is 4.67. The Bertz CT molecular complexity index is 325. The van der Waals surface area contributed by atoms with Crippen molar-refractivity contribution < 1.29 is 9.53 Å². The molecule has 21 heavy (non-hydrogen) atoms. The van der Waals surface area contributed by atoms with Crippen molar-refractivity contribution in [3.8, 4) is 0 Å². The summed E-state index contributed by atoms with van der Waals surface area (Å²) in [5.41, 5.74) is -0.591. The first-order valence-corrected chi connectivity index (χ1v) is 8.25. The van der Waals surface area contributed by atoms with Crippen LogP contribution in [-0.4, -0.2) is 74.2 Å². The predicted octanol–water partition coefficient (Wildman–Crippen LogP) is 1.33. The number of carbonyl (C=O) groups is 1. The van der Waals surface area contributed by atoms with E-state index in [0.717, 1.165) is 39.0 Å². The van der Waals surface area contributed by atoms with Crippen molar-refractivity contribution in [1.82, 2.24) is 15.1 Å². The summed E-state index contributed by atoms with van der Waals surface area (Å²) in [7, 11) is 4.03. The normalized spacial score (nSPS) is 24.3. The van der Waals surface area contributed by atoms with Gasteiger partial charge in [-0.2, -0.15) is 0 Å². The number of likely N-dealkylation sites (N-methyl/N-ethyl adjacent to an activating group) is 2. The Morgan fingerprint density at radius 1 is 1.38 bits per heavy atom. The van der Waals surface area contributed by atoms with Crippen LogP contribution >= 0.6 is 0 Å². The molecule has 0 aromatic carbocycles. The zero-order valence-electron chi connectivity index (χ0n) is 14.4. The summed E-state index contributed by atoms with van der Waals surface area (Å²) < 4.78 is 5.20. The summed E-state index contributed by atoms with van der Waals surface area (Å²) >= 11 is 0. The fourth-order valence-electron chi connectivity index (χ4n) is 2.96. The fourth-order valence-corrected chi connectivity index (χ4v) is 2.96. The van der Waals surface area contributed by atoms with Crippen molar-refractivity contribution >= 4 is 5.97 Å². The Kier molecular flexibility index (Phi) is 7.63. The van der Waals surface area contributed by atoms with Gasteiger partial charge < -0.3 is 15.0 Å². The molecule has 2 atom stereocenters. The van der Waals surface area contributed by atoms with E-state index in [-0.39, 0.29) is 5.97 Å². The molecule has 0 radical (unpaired) electrons. The van der Waals surface area contributed by atoms with Crippen molar-refractivity contribution in [3.05, 3.63) is 0 Å². The smallest absolute Gasteiger partial charge is 0.326 e. The molecule has 0 saturated carbocycles. The highest BCUT2D eigenvalue weighted by Gasteiger charge is 2.34. The standard InChI is InChI=1S/C16H33N3O2/c1-6-14-13-18(5)10-8-11-19(14)12-9-16(3,17-4)15(20)21-7-2/h14,17H,6-13H2,1-5H3. The maximum Gasteiger partial charge on any atom is 0.326 e. The zero-order valence-corrected chi connectivity index (χ0v) is 14.4. The molecule has 0 aliphatic carbocycles. The lowest BCUT2D eigenvalue weighted by atomic mass is 9.97. The highest BCUT2D eigenvalue weighted by Crippen LogP contribution is 2.17. The van der Waals surface area contributed by atoms with E-state index in [1.165, 1.54) is 6.42 Å². The number of nitrogens with one attached hydrogen (secondary N) is 1. The van der Waals surface area contributed by atoms with Crippen molar-refractivity contribution in [2.45, 2.75) is 51.6 Å². The van der Waals surface area contributed by atoms with Crippen LogP contribution in [-0.2, 0) is 9.53 Å². The highest BCUT2D eigenvalue weighted by molar-refractivity contribution is 5.80. The van der Waals surface area contributed by atoms with Gasteiger partial charge in [-0.15, -0.1) is 0 Å². The maximum atomic E-state index is 12.1. The van der Waals surface area contributed by atoms with Crippen LogP contribution in [0.3, 0.4) is 0 Å². The van der Waals surface area contributed by atoms with Gasteiger partial charge in [-0.3, -0.25) is 9.69 Å². The Balaban J connectivity index is 2.63. The Labute approximate surface area is 130 Å². The maximum absolute atomic E-state index is 12.1. The van der Waals surface area contributed by atoms with Crippen LogP contribution in [0.1, 0.15) is 40.0 Å². The van der Waals surface area contributed by atoms with E-state index >= 15 is 0 Å². The van der Waals surface area contributed by atoms with Gasteiger partial charge in [-0.05, 0) is 60.3 Å². The Morgan fingerprint density at radius 2 is 2.10 bits per heavy atom. The average molecular weight is 299 g/mol. The summed E-state index contributed by atoms with van der Waals surface area (Å²) in [5, 5.41) is 3.15. The van der Waals surface area contributed by atoms with Crippen LogP contribution in [0.15, 0.2) is 0 Å². The number of carbonyl (C=O) groups excluding carboxylic acids is 1. The molecule has 1 N–H and O–H groups in total. The van der Waals surface area contributed by atoms with Gasteiger partial charge in [-0.1, -0.05) is 6.92 Å². The van der Waals surface area contributed by atoms with Gasteiger partial charge in [0.15, 0.2) is 0 Å². The molecule has 1 saturated heterocycles. The molecule has 0 bridgehead atoms. The third kappa shape index (κ3) is 5.24. The molecule has 2 unspecified atom stereocenters. The van der Waals surface area contributed by atoms with Gasteiger partial charge >= 0.3 is 5.97 Å². The third-order valence-corrected chi connectivity index (χ3v) is 4.67. The molecule has 0 amide bonds. The lowest BCUT2D eigenvalue weighted by Crippen LogP contribution is -2.51. The second kappa shape index (κ2) is 8.71. The molecule has 1 heterocycles. The Morgan fingerprint density at radius 3 is 2.67 bits per heavy atom. The van der Waals surface area contributed by atoms with Crippen molar-refractivity contribution in [1.29, 1.82) is 0 Å². The lowest BCUT2D eigenvalue weighted by Gasteiger charge is -2.34. The topological polar surface area (TPSA) is 44.8 Å². The predicted molar refractivity (Wildman–Crippen MR) is 86.5 cm³/mol. The van der Waals surface area contributed by atoms with E-state index in [0.29, 0.717) is 12.6 Å². The molecule has 0 spiro atoms.